The summed E-state index contributed by atoms with van der Waals surface area (Å²) < 4.78 is 13.0. The summed E-state index contributed by atoms with van der Waals surface area (Å²) in [5.41, 5.74) is 13.7. The smallest absolute Gasteiger partial charge is 0.136 e. The van der Waals surface area contributed by atoms with Crippen LogP contribution in [0.5, 0.6) is 0 Å². The molecule has 0 amide bonds. The Bertz CT molecular complexity index is 3090. The van der Waals surface area contributed by atoms with Crippen LogP contribution in [0.3, 0.4) is 0 Å². The van der Waals surface area contributed by atoms with E-state index < -0.39 is 0 Å². The Morgan fingerprint density at radius 3 is 1.47 bits per heavy atom. The largest absolute Gasteiger partial charge is 0.456 e. The number of hydrogen-bond donors (Lipinski definition) is 0. The van der Waals surface area contributed by atoms with Crippen LogP contribution < -0.4 is 4.90 Å². The predicted octanol–water partition coefficient (Wildman–Crippen LogP) is 15.1. The Kier molecular flexibility index (Phi) is 7.17. The van der Waals surface area contributed by atoms with E-state index in [1.54, 1.807) is 0 Å². The predicted molar refractivity (Wildman–Crippen MR) is 229 cm³/mol. The van der Waals surface area contributed by atoms with Gasteiger partial charge in [0, 0.05) is 44.0 Å². The highest BCUT2D eigenvalue weighted by Gasteiger charge is 2.20. The van der Waals surface area contributed by atoms with Crippen molar-refractivity contribution in [3.8, 4) is 33.4 Å². The minimum absolute atomic E-state index is 0.861. The number of para-hydroxylation sites is 1. The van der Waals surface area contributed by atoms with Gasteiger partial charge in [-0.1, -0.05) is 140 Å². The Balaban J connectivity index is 1.10. The molecule has 11 rings (SSSR count). The van der Waals surface area contributed by atoms with Crippen molar-refractivity contribution in [2.45, 2.75) is 0 Å². The van der Waals surface area contributed by atoms with Gasteiger partial charge in [0.1, 0.15) is 22.3 Å². The second-order valence-electron chi connectivity index (χ2n) is 14.1. The Morgan fingerprint density at radius 2 is 0.800 bits per heavy atom. The molecule has 55 heavy (non-hydrogen) atoms. The first-order valence-corrected chi connectivity index (χ1v) is 18.7. The van der Waals surface area contributed by atoms with E-state index >= 15 is 0 Å². The second-order valence-corrected chi connectivity index (χ2v) is 14.1. The summed E-state index contributed by atoms with van der Waals surface area (Å²) in [4.78, 5) is 2.34. The van der Waals surface area contributed by atoms with Crippen molar-refractivity contribution in [2.24, 2.45) is 0 Å². The van der Waals surface area contributed by atoms with Crippen molar-refractivity contribution in [1.29, 1.82) is 0 Å². The molecule has 0 N–H and O–H groups in total. The number of hydrogen-bond acceptors (Lipinski definition) is 3. The molecule has 0 aliphatic carbocycles. The second kappa shape index (κ2) is 12.6. The van der Waals surface area contributed by atoms with Crippen molar-refractivity contribution in [2.75, 3.05) is 4.90 Å². The third-order valence-corrected chi connectivity index (χ3v) is 10.9. The highest BCUT2D eigenvalue weighted by molar-refractivity contribution is 6.32. The van der Waals surface area contributed by atoms with E-state index in [0.29, 0.717) is 0 Å². The zero-order valence-corrected chi connectivity index (χ0v) is 29.8. The van der Waals surface area contributed by atoms with Gasteiger partial charge in [0.05, 0.1) is 0 Å². The van der Waals surface area contributed by atoms with Crippen molar-refractivity contribution < 1.29 is 8.83 Å². The molecule has 2 aromatic heterocycles. The van der Waals surface area contributed by atoms with Crippen LogP contribution in [0.4, 0.5) is 17.1 Å². The van der Waals surface area contributed by atoms with Crippen molar-refractivity contribution in [3.63, 3.8) is 0 Å². The molecule has 0 aliphatic heterocycles. The molecule has 0 atom stereocenters. The highest BCUT2D eigenvalue weighted by Crippen LogP contribution is 2.46. The first kappa shape index (κ1) is 31.2. The van der Waals surface area contributed by atoms with Crippen molar-refractivity contribution in [1.82, 2.24) is 0 Å². The standard InChI is InChI=1S/C52H33NO2/c1-3-11-34(12-4-1)36-21-27-40(28-22-36)53(41-29-23-37(24-30-41)35-13-5-2-6-14-35)42-16-9-15-39(33-42)43-18-10-20-46-50(43)52-48(55-46)32-26-38-25-31-47-51(49(38)52)44-17-7-8-19-45(44)54-47/h1-33H. The first-order chi connectivity index (χ1) is 27.3. The summed E-state index contributed by atoms with van der Waals surface area (Å²) in [6, 6.07) is 70.9. The van der Waals surface area contributed by atoms with Crippen LogP contribution in [0.1, 0.15) is 0 Å². The van der Waals surface area contributed by atoms with E-state index in [4.69, 9.17) is 8.83 Å². The number of benzene rings is 9. The van der Waals surface area contributed by atoms with Gasteiger partial charge in [-0.15, -0.1) is 0 Å². The lowest BCUT2D eigenvalue weighted by atomic mass is 9.94. The molecule has 0 aliphatic rings. The number of fused-ring (bicyclic) bond motifs is 9. The van der Waals surface area contributed by atoms with Gasteiger partial charge in [-0.05, 0) is 99.4 Å². The van der Waals surface area contributed by atoms with Gasteiger partial charge >= 0.3 is 0 Å². The van der Waals surface area contributed by atoms with Crippen LogP contribution in [-0.2, 0) is 0 Å². The summed E-state index contributed by atoms with van der Waals surface area (Å²) in [6.45, 7) is 0. The molecule has 0 saturated heterocycles. The van der Waals surface area contributed by atoms with Crippen LogP contribution in [0.25, 0.3) is 88.0 Å². The first-order valence-electron chi connectivity index (χ1n) is 18.7. The highest BCUT2D eigenvalue weighted by atomic mass is 16.3. The van der Waals surface area contributed by atoms with E-state index in [0.717, 1.165) is 82.8 Å². The molecule has 11 aromatic rings. The molecular weight excluding hydrogens is 671 g/mol. The van der Waals surface area contributed by atoms with Crippen LogP contribution in [-0.4, -0.2) is 0 Å². The lowest BCUT2D eigenvalue weighted by Gasteiger charge is -2.26. The fourth-order valence-corrected chi connectivity index (χ4v) is 8.31. The summed E-state index contributed by atoms with van der Waals surface area (Å²) in [7, 11) is 0. The van der Waals surface area contributed by atoms with E-state index in [1.165, 1.54) is 22.3 Å². The molecule has 0 bridgehead atoms. The molecule has 0 fully saturated rings. The Hall–Kier alpha value is -7.36. The third-order valence-electron chi connectivity index (χ3n) is 10.9. The number of furan rings is 2. The molecule has 0 spiro atoms. The van der Waals surface area contributed by atoms with Gasteiger partial charge < -0.3 is 13.7 Å². The SMILES string of the molecule is c1ccc(-c2ccc(N(c3ccc(-c4ccccc4)cc3)c3cccc(-c4cccc5oc6ccc7ccc8oc9ccccc9c8c7c6c45)c3)cc2)cc1. The van der Waals surface area contributed by atoms with Gasteiger partial charge in [-0.3, -0.25) is 0 Å². The number of rotatable bonds is 6. The minimum Gasteiger partial charge on any atom is -0.456 e. The molecular formula is C52H33NO2. The van der Waals surface area contributed by atoms with E-state index in [1.807, 2.05) is 12.1 Å². The molecule has 2 heterocycles. The molecule has 3 nitrogen and oxygen atoms in total. The minimum atomic E-state index is 0.861. The van der Waals surface area contributed by atoms with Crippen LogP contribution in [0.2, 0.25) is 0 Å². The topological polar surface area (TPSA) is 29.5 Å². The van der Waals surface area contributed by atoms with Gasteiger partial charge in [0.2, 0.25) is 0 Å². The monoisotopic (exact) mass is 703 g/mol. The Labute approximate surface area is 317 Å². The molecule has 258 valence electrons. The molecule has 3 heteroatoms. The molecule has 0 unspecified atom stereocenters. The maximum absolute atomic E-state index is 6.63. The zero-order valence-electron chi connectivity index (χ0n) is 29.8. The summed E-state index contributed by atoms with van der Waals surface area (Å²) >= 11 is 0. The number of anilines is 3. The molecule has 9 aromatic carbocycles. The number of nitrogens with zero attached hydrogens (tertiary/aromatic N) is 1. The maximum atomic E-state index is 6.63. The van der Waals surface area contributed by atoms with Gasteiger partial charge in [0.25, 0.3) is 0 Å². The van der Waals surface area contributed by atoms with Crippen LogP contribution in [0, 0.1) is 0 Å². The van der Waals surface area contributed by atoms with Crippen LogP contribution in [0.15, 0.2) is 209 Å². The average Bonchev–Trinajstić information content (AvgIpc) is 3.84. The normalized spacial score (nSPS) is 11.6. The van der Waals surface area contributed by atoms with E-state index in [9.17, 15) is 0 Å². The summed E-state index contributed by atoms with van der Waals surface area (Å²) in [5, 5.41) is 6.74. The zero-order chi connectivity index (χ0) is 36.3. The van der Waals surface area contributed by atoms with Gasteiger partial charge in [0.15, 0.2) is 0 Å². The molecule has 0 radical (unpaired) electrons. The molecule has 0 saturated carbocycles. The fourth-order valence-electron chi connectivity index (χ4n) is 8.31. The van der Waals surface area contributed by atoms with E-state index in [-0.39, 0.29) is 0 Å². The Morgan fingerprint density at radius 1 is 0.291 bits per heavy atom. The van der Waals surface area contributed by atoms with Crippen molar-refractivity contribution >= 4 is 71.7 Å². The van der Waals surface area contributed by atoms with E-state index in [2.05, 4.69) is 193 Å². The van der Waals surface area contributed by atoms with Crippen molar-refractivity contribution in [3.05, 3.63) is 200 Å². The van der Waals surface area contributed by atoms with Gasteiger partial charge in [-0.25, -0.2) is 0 Å². The lowest BCUT2D eigenvalue weighted by Crippen LogP contribution is -2.10. The average molecular weight is 704 g/mol. The third kappa shape index (κ3) is 5.20. The summed E-state index contributed by atoms with van der Waals surface area (Å²) in [6.07, 6.45) is 0. The quantitative estimate of drug-likeness (QED) is 0.173. The lowest BCUT2D eigenvalue weighted by molar-refractivity contribution is 0.669. The maximum Gasteiger partial charge on any atom is 0.136 e. The fraction of sp³-hybridized carbons (Fsp3) is 0. The summed E-state index contributed by atoms with van der Waals surface area (Å²) in [5.74, 6) is 0. The van der Waals surface area contributed by atoms with Crippen LogP contribution >= 0.6 is 0 Å². The van der Waals surface area contributed by atoms with Gasteiger partial charge in [-0.2, -0.15) is 0 Å².